The third-order valence-electron chi connectivity index (χ3n) is 13.9. The molecule has 0 fully saturated rings. The number of nitrogens with zero attached hydrogens (tertiary/aromatic N) is 3. The Morgan fingerprint density at radius 3 is 2.38 bits per heavy atom. The van der Waals surface area contributed by atoms with Crippen molar-refractivity contribution < 1.29 is 48.0 Å². The molecule has 0 bridgehead atoms. The molecule has 16 nitrogen and oxygen atoms in total. The number of carboxylic acid groups (broad SMARTS) is 1. The topological polar surface area (TPSA) is 218 Å². The lowest BCUT2D eigenvalue weighted by atomic mass is 9.81. The number of hydrogen-bond acceptors (Lipinski definition) is 10. The van der Waals surface area contributed by atoms with Gasteiger partial charge in [-0.1, -0.05) is 55.5 Å². The Balaban J connectivity index is 0.894. The predicted molar refractivity (Wildman–Crippen MR) is 252 cm³/mol. The Kier molecular flexibility index (Phi) is 12.4. The number of rotatable bonds is 14. The normalized spacial score (nSPS) is 18.0. The van der Waals surface area contributed by atoms with E-state index in [4.69, 9.17) is 14.5 Å². The second kappa shape index (κ2) is 18.2. The van der Waals surface area contributed by atoms with Gasteiger partial charge in [0.1, 0.15) is 25.0 Å². The van der Waals surface area contributed by atoms with Crippen LogP contribution in [0.2, 0.25) is 0 Å². The maximum Gasteiger partial charge on any atom is 0.407 e. The molecular weight excluding hydrogens is 888 g/mol. The van der Waals surface area contributed by atoms with Crippen molar-refractivity contribution in [3.63, 3.8) is 0 Å². The summed E-state index contributed by atoms with van der Waals surface area (Å²) in [6, 6.07) is 16.8. The molecule has 360 valence electrons. The van der Waals surface area contributed by atoms with Crippen molar-refractivity contribution in [3.8, 4) is 22.5 Å². The molecule has 0 radical (unpaired) electrons. The zero-order chi connectivity index (χ0) is 49.1. The first kappa shape index (κ1) is 47.1. The van der Waals surface area contributed by atoms with Gasteiger partial charge in [0.25, 0.3) is 5.56 Å². The third-order valence-corrected chi connectivity index (χ3v) is 13.9. The van der Waals surface area contributed by atoms with Gasteiger partial charge in [0.2, 0.25) is 17.7 Å². The quantitative estimate of drug-likeness (QED) is 0.0667. The summed E-state index contributed by atoms with van der Waals surface area (Å²) in [6.07, 6.45) is -0.393. The van der Waals surface area contributed by atoms with E-state index in [1.165, 1.54) is 10.6 Å². The summed E-state index contributed by atoms with van der Waals surface area (Å²) >= 11 is 0. The highest BCUT2D eigenvalue weighted by molar-refractivity contribution is 5.95. The molecule has 0 unspecified atom stereocenters. The smallest absolute Gasteiger partial charge is 0.407 e. The van der Waals surface area contributed by atoms with Crippen molar-refractivity contribution in [2.24, 2.45) is 0 Å². The number of benzene rings is 3. The van der Waals surface area contributed by atoms with Gasteiger partial charge in [-0.05, 0) is 98.4 Å². The van der Waals surface area contributed by atoms with Gasteiger partial charge in [-0.3, -0.25) is 24.1 Å². The number of hydrogen-bond donors (Lipinski definition) is 5. The monoisotopic (exact) mass is 942 g/mol. The van der Waals surface area contributed by atoms with Gasteiger partial charge in [-0.2, -0.15) is 0 Å². The summed E-state index contributed by atoms with van der Waals surface area (Å²) < 4.78 is 28.3. The Hall–Kier alpha value is -6.98. The number of halogens is 1. The third kappa shape index (κ3) is 8.62. The molecule has 0 saturated heterocycles. The minimum absolute atomic E-state index is 0.0409. The van der Waals surface area contributed by atoms with Crippen LogP contribution in [-0.2, 0) is 53.8 Å². The minimum atomic E-state index is -2.05. The summed E-state index contributed by atoms with van der Waals surface area (Å²) in [5, 5.41) is 30.9. The second-order valence-electron chi connectivity index (χ2n) is 19.3. The summed E-state index contributed by atoms with van der Waals surface area (Å²) in [4.78, 5) is 86.3. The molecule has 17 heteroatoms. The number of cyclic esters (lactones) is 1. The fourth-order valence-electron chi connectivity index (χ4n) is 10.3. The lowest BCUT2D eigenvalue weighted by molar-refractivity contribution is -0.172. The molecule has 69 heavy (non-hydrogen) atoms. The first-order valence-corrected chi connectivity index (χ1v) is 23.4. The van der Waals surface area contributed by atoms with Gasteiger partial charge < -0.3 is 40.2 Å². The van der Waals surface area contributed by atoms with E-state index in [1.807, 2.05) is 69.3 Å². The van der Waals surface area contributed by atoms with Crippen LogP contribution < -0.4 is 21.5 Å². The van der Waals surface area contributed by atoms with Crippen LogP contribution in [0.4, 0.5) is 9.18 Å². The number of ether oxygens (including phenoxy) is 2. The average Bonchev–Trinajstić information content (AvgIpc) is 3.85. The van der Waals surface area contributed by atoms with Gasteiger partial charge in [-0.25, -0.2) is 19.0 Å². The number of pyridine rings is 2. The average molecular weight is 943 g/mol. The highest BCUT2D eigenvalue weighted by Gasteiger charge is 2.46. The number of fused-ring (bicyclic) bond motifs is 8. The molecule has 2 aliphatic carbocycles. The number of aryl methyl sites for hydroxylation is 1. The minimum Gasteiger partial charge on any atom is -0.465 e. The van der Waals surface area contributed by atoms with Crippen molar-refractivity contribution in [2.45, 2.75) is 109 Å². The van der Waals surface area contributed by atoms with Crippen LogP contribution >= 0.6 is 0 Å². The summed E-state index contributed by atoms with van der Waals surface area (Å²) in [5.74, 6) is -3.09. The van der Waals surface area contributed by atoms with E-state index in [0.29, 0.717) is 51.8 Å². The number of carbonyl (C=O) groups is 5. The van der Waals surface area contributed by atoms with Gasteiger partial charge in [-0.15, -0.1) is 0 Å². The van der Waals surface area contributed by atoms with Crippen molar-refractivity contribution in [1.29, 1.82) is 0 Å². The highest BCUT2D eigenvalue weighted by Crippen LogP contribution is 2.47. The maximum absolute atomic E-state index is 15.5. The van der Waals surface area contributed by atoms with Crippen molar-refractivity contribution in [2.75, 3.05) is 26.2 Å². The van der Waals surface area contributed by atoms with E-state index in [2.05, 4.69) is 16.0 Å². The van der Waals surface area contributed by atoms with Crippen LogP contribution in [-0.4, -0.2) is 92.3 Å². The number of carbonyl (C=O) groups excluding carboxylic acids is 4. The van der Waals surface area contributed by atoms with Crippen molar-refractivity contribution in [1.82, 2.24) is 30.4 Å². The Morgan fingerprint density at radius 1 is 1.01 bits per heavy atom. The molecule has 4 heterocycles. The molecule has 2 aromatic heterocycles. The molecule has 4 aliphatic rings. The number of aliphatic hydroxyl groups is 1. The molecule has 3 aromatic carbocycles. The summed E-state index contributed by atoms with van der Waals surface area (Å²) in [6.45, 7) is 8.09. The van der Waals surface area contributed by atoms with Crippen LogP contribution in [0.15, 0.2) is 65.5 Å². The first-order valence-electron chi connectivity index (χ1n) is 23.4. The van der Waals surface area contributed by atoms with E-state index >= 15 is 4.39 Å². The Labute approximate surface area is 397 Å². The largest absolute Gasteiger partial charge is 0.465 e. The zero-order valence-electron chi connectivity index (χ0n) is 39.2. The molecule has 5 N–H and O–H groups in total. The van der Waals surface area contributed by atoms with E-state index in [-0.39, 0.29) is 69.2 Å². The van der Waals surface area contributed by atoms with E-state index in [1.54, 1.807) is 19.9 Å². The number of esters is 1. The SMILES string of the molecule is CC[C@@]1(O)C(=O)OCc2c1cc1n(c2=O)Cc2c-1nc1cc(F)c(C)c3c1c2[C@@H](NC(=O)[C@H](COC(C)(C)C)NC(=O)CCCNC(=O)CN(CC1c2ccccc2-c2ccccc21)C(=O)O)CC3. The molecule has 5 aromatic rings. The fourth-order valence-corrected chi connectivity index (χ4v) is 10.3. The lowest BCUT2D eigenvalue weighted by Crippen LogP contribution is -2.51. The molecule has 4 amide bonds. The van der Waals surface area contributed by atoms with Crippen molar-refractivity contribution in [3.05, 3.63) is 121 Å². The Morgan fingerprint density at radius 2 is 1.71 bits per heavy atom. The molecular formula is C52H55FN6O10. The number of amides is 4. The van der Waals surface area contributed by atoms with E-state index in [0.717, 1.165) is 32.7 Å². The number of nitrogens with one attached hydrogen (secondary N) is 3. The molecule has 2 aliphatic heterocycles. The van der Waals surface area contributed by atoms with Crippen molar-refractivity contribution >= 4 is 40.7 Å². The number of aromatic nitrogens is 2. The van der Waals surface area contributed by atoms with Crippen LogP contribution in [0, 0.1) is 12.7 Å². The van der Waals surface area contributed by atoms with Crippen LogP contribution in [0.1, 0.15) is 110 Å². The highest BCUT2D eigenvalue weighted by atomic mass is 19.1. The van der Waals surface area contributed by atoms with Crippen LogP contribution in [0.5, 0.6) is 0 Å². The van der Waals surface area contributed by atoms with Gasteiger partial charge in [0.15, 0.2) is 5.60 Å². The molecule has 0 saturated carbocycles. The fraction of sp³-hybridized carbons (Fsp3) is 0.404. The standard InChI is InChI=1S/C52H55FN6O10/c1-6-52(67)36-20-41-46-34(23-59(41)48(63)35(36)25-68-49(52)64)45-38(18-17-28-27(2)37(53)21-39(56-46)44(28)45)57-47(62)40(26-69-51(3,4)5)55-42(60)16-11-19-54-43(61)24-58(50(65)66)22-33-31-14-9-7-12-29(31)30-13-8-10-15-32(30)33/h7-10,12-15,20-21,33,38,40,67H,6,11,16-19,22-26H2,1-5H3,(H,54,61)(H,55,60)(H,57,62)(H,65,66)/t38-,40-,52-/m0/s1. The summed E-state index contributed by atoms with van der Waals surface area (Å²) in [7, 11) is 0. The zero-order valence-corrected chi connectivity index (χ0v) is 39.2. The molecule has 0 spiro atoms. The van der Waals surface area contributed by atoms with Gasteiger partial charge in [0.05, 0.1) is 47.3 Å². The summed E-state index contributed by atoms with van der Waals surface area (Å²) in [5.41, 5.74) is 4.65. The van der Waals surface area contributed by atoms with E-state index in [9.17, 15) is 39.0 Å². The van der Waals surface area contributed by atoms with Crippen LogP contribution in [0.25, 0.3) is 33.4 Å². The van der Waals surface area contributed by atoms with Gasteiger partial charge >= 0.3 is 12.1 Å². The van der Waals surface area contributed by atoms with Crippen LogP contribution in [0.3, 0.4) is 0 Å². The van der Waals surface area contributed by atoms with E-state index < -0.39 is 71.0 Å². The predicted octanol–water partition coefficient (Wildman–Crippen LogP) is 5.62. The second-order valence-corrected chi connectivity index (χ2v) is 19.3. The van der Waals surface area contributed by atoms with Gasteiger partial charge in [0, 0.05) is 48.0 Å². The lowest BCUT2D eigenvalue weighted by Gasteiger charge is -2.31. The molecule has 3 atom stereocenters. The first-order chi connectivity index (χ1) is 32.9. The Bertz CT molecular complexity index is 2990. The molecule has 9 rings (SSSR count). The maximum atomic E-state index is 15.5.